The second-order valence-electron chi connectivity index (χ2n) is 5.15. The first-order valence-corrected chi connectivity index (χ1v) is 8.33. The third kappa shape index (κ3) is 3.25. The first-order chi connectivity index (χ1) is 9.31. The van der Waals surface area contributed by atoms with Crippen LogP contribution in [0.1, 0.15) is 18.9 Å². The van der Waals surface area contributed by atoms with Crippen LogP contribution in [0, 0.1) is 12.8 Å². The Morgan fingerprint density at radius 3 is 2.80 bits per heavy atom. The zero-order chi connectivity index (χ0) is 14.9. The highest BCUT2D eigenvalue weighted by Crippen LogP contribution is 2.27. The van der Waals surface area contributed by atoms with E-state index in [2.05, 4.69) is 4.72 Å². The van der Waals surface area contributed by atoms with Crippen molar-refractivity contribution in [2.75, 3.05) is 18.9 Å². The predicted octanol–water partition coefficient (Wildman–Crippen LogP) is 1.93. The van der Waals surface area contributed by atoms with E-state index in [0.29, 0.717) is 29.5 Å². The van der Waals surface area contributed by atoms with Gasteiger partial charge in [0.05, 0.1) is 11.5 Å². The Balaban J connectivity index is 2.26. The minimum atomic E-state index is -3.64. The fourth-order valence-electron chi connectivity index (χ4n) is 2.30. The molecule has 0 spiro atoms. The number of sulfonamides is 1. The SMILES string of the molecule is Cc1c(N)cc(Cl)cc1S(=O)(=O)NC(C)C1CCOC1. The molecule has 0 radical (unpaired) electrons. The summed E-state index contributed by atoms with van der Waals surface area (Å²) < 4.78 is 32.9. The number of anilines is 1. The van der Waals surface area contributed by atoms with Gasteiger partial charge in [0, 0.05) is 29.3 Å². The number of hydrogen-bond acceptors (Lipinski definition) is 4. The maximum atomic E-state index is 12.5. The first kappa shape index (κ1) is 15.6. The molecule has 0 bridgehead atoms. The summed E-state index contributed by atoms with van der Waals surface area (Å²) in [6, 6.07) is 2.78. The molecule has 1 fully saturated rings. The molecule has 1 aromatic carbocycles. The Hall–Kier alpha value is -0.820. The molecule has 1 aliphatic heterocycles. The van der Waals surface area contributed by atoms with Crippen LogP contribution in [0.25, 0.3) is 0 Å². The molecule has 2 rings (SSSR count). The Labute approximate surface area is 124 Å². The average Bonchev–Trinajstić information content (AvgIpc) is 2.86. The van der Waals surface area contributed by atoms with Crippen LogP contribution >= 0.6 is 11.6 Å². The van der Waals surface area contributed by atoms with Crippen molar-refractivity contribution >= 4 is 27.3 Å². The second-order valence-corrected chi connectivity index (χ2v) is 7.27. The highest BCUT2D eigenvalue weighted by Gasteiger charge is 2.28. The molecular formula is C13H19ClN2O3S. The van der Waals surface area contributed by atoms with Crippen LogP contribution in [-0.4, -0.2) is 27.7 Å². The molecule has 112 valence electrons. The molecule has 2 unspecified atom stereocenters. The lowest BCUT2D eigenvalue weighted by molar-refractivity contribution is 0.180. The molecule has 0 aromatic heterocycles. The van der Waals surface area contributed by atoms with Crippen molar-refractivity contribution in [3.05, 3.63) is 22.7 Å². The fourth-order valence-corrected chi connectivity index (χ4v) is 4.21. The van der Waals surface area contributed by atoms with Crippen LogP contribution in [-0.2, 0) is 14.8 Å². The summed E-state index contributed by atoms with van der Waals surface area (Å²) >= 11 is 5.90. The van der Waals surface area contributed by atoms with Crippen LogP contribution in [0.15, 0.2) is 17.0 Å². The monoisotopic (exact) mass is 318 g/mol. The van der Waals surface area contributed by atoms with Crippen molar-refractivity contribution in [3.63, 3.8) is 0 Å². The van der Waals surface area contributed by atoms with Crippen LogP contribution in [0.2, 0.25) is 5.02 Å². The zero-order valence-corrected chi connectivity index (χ0v) is 13.1. The summed E-state index contributed by atoms with van der Waals surface area (Å²) in [5.41, 5.74) is 6.66. The normalized spacial score (nSPS) is 21.1. The van der Waals surface area contributed by atoms with Crippen LogP contribution in [0.5, 0.6) is 0 Å². The van der Waals surface area contributed by atoms with Gasteiger partial charge >= 0.3 is 0 Å². The van der Waals surface area contributed by atoms with E-state index in [1.165, 1.54) is 6.07 Å². The lowest BCUT2D eigenvalue weighted by Gasteiger charge is -2.20. The number of benzene rings is 1. The van der Waals surface area contributed by atoms with Crippen LogP contribution in [0.3, 0.4) is 0 Å². The van der Waals surface area contributed by atoms with Gasteiger partial charge in [-0.2, -0.15) is 0 Å². The van der Waals surface area contributed by atoms with E-state index in [4.69, 9.17) is 22.1 Å². The van der Waals surface area contributed by atoms with Gasteiger partial charge in [-0.3, -0.25) is 0 Å². The molecule has 20 heavy (non-hydrogen) atoms. The van der Waals surface area contributed by atoms with Gasteiger partial charge in [-0.1, -0.05) is 11.6 Å². The van der Waals surface area contributed by atoms with E-state index in [1.807, 2.05) is 6.92 Å². The van der Waals surface area contributed by atoms with Gasteiger partial charge in [-0.05, 0) is 38.0 Å². The van der Waals surface area contributed by atoms with E-state index in [1.54, 1.807) is 13.0 Å². The smallest absolute Gasteiger partial charge is 0.241 e. The maximum Gasteiger partial charge on any atom is 0.241 e. The summed E-state index contributed by atoms with van der Waals surface area (Å²) in [4.78, 5) is 0.133. The van der Waals surface area contributed by atoms with Crippen molar-refractivity contribution < 1.29 is 13.2 Å². The molecular weight excluding hydrogens is 300 g/mol. The minimum Gasteiger partial charge on any atom is -0.398 e. The lowest BCUT2D eigenvalue weighted by atomic mass is 10.0. The number of nitrogens with two attached hydrogens (primary N) is 1. The van der Waals surface area contributed by atoms with Crippen molar-refractivity contribution in [2.45, 2.75) is 31.2 Å². The topological polar surface area (TPSA) is 81.4 Å². The number of nitrogen functional groups attached to an aromatic ring is 1. The van der Waals surface area contributed by atoms with Crippen LogP contribution in [0.4, 0.5) is 5.69 Å². The molecule has 1 heterocycles. The van der Waals surface area contributed by atoms with E-state index < -0.39 is 10.0 Å². The third-order valence-electron chi connectivity index (χ3n) is 3.67. The average molecular weight is 319 g/mol. The third-order valence-corrected chi connectivity index (χ3v) is 5.57. The molecule has 7 heteroatoms. The number of halogens is 1. The molecule has 3 N–H and O–H groups in total. The minimum absolute atomic E-state index is 0.133. The summed E-state index contributed by atoms with van der Waals surface area (Å²) in [5, 5.41) is 0.310. The van der Waals surface area contributed by atoms with Crippen LogP contribution < -0.4 is 10.5 Å². The summed E-state index contributed by atoms with van der Waals surface area (Å²) in [7, 11) is -3.64. The highest BCUT2D eigenvalue weighted by molar-refractivity contribution is 7.89. The highest BCUT2D eigenvalue weighted by atomic mass is 35.5. The van der Waals surface area contributed by atoms with Crippen molar-refractivity contribution in [2.24, 2.45) is 5.92 Å². The number of hydrogen-bond donors (Lipinski definition) is 2. The number of rotatable bonds is 4. The maximum absolute atomic E-state index is 12.5. The van der Waals surface area contributed by atoms with Gasteiger partial charge in [0.25, 0.3) is 0 Å². The molecule has 5 nitrogen and oxygen atoms in total. The number of ether oxygens (including phenoxy) is 1. The van der Waals surface area contributed by atoms with Gasteiger partial charge < -0.3 is 10.5 Å². The number of nitrogens with one attached hydrogen (secondary N) is 1. The van der Waals surface area contributed by atoms with Gasteiger partial charge in [0.2, 0.25) is 10.0 Å². The molecule has 0 amide bonds. The van der Waals surface area contributed by atoms with E-state index in [-0.39, 0.29) is 16.9 Å². The summed E-state index contributed by atoms with van der Waals surface area (Å²) in [5.74, 6) is 0.196. The van der Waals surface area contributed by atoms with Gasteiger partial charge in [-0.15, -0.1) is 0 Å². The van der Waals surface area contributed by atoms with E-state index >= 15 is 0 Å². The summed E-state index contributed by atoms with van der Waals surface area (Å²) in [6.45, 7) is 4.78. The first-order valence-electron chi connectivity index (χ1n) is 6.47. The van der Waals surface area contributed by atoms with Gasteiger partial charge in [0.15, 0.2) is 0 Å². The fraction of sp³-hybridized carbons (Fsp3) is 0.538. The lowest BCUT2D eigenvalue weighted by Crippen LogP contribution is -2.38. The van der Waals surface area contributed by atoms with Crippen molar-refractivity contribution in [1.82, 2.24) is 4.72 Å². The van der Waals surface area contributed by atoms with E-state index in [9.17, 15) is 8.42 Å². The zero-order valence-electron chi connectivity index (χ0n) is 11.5. The predicted molar refractivity (Wildman–Crippen MR) is 79.3 cm³/mol. The Bertz CT molecular complexity index is 598. The molecule has 0 aliphatic carbocycles. The molecule has 2 atom stereocenters. The molecule has 1 saturated heterocycles. The second kappa shape index (κ2) is 5.89. The van der Waals surface area contributed by atoms with Gasteiger partial charge in [-0.25, -0.2) is 13.1 Å². The molecule has 0 saturated carbocycles. The largest absolute Gasteiger partial charge is 0.398 e. The quantitative estimate of drug-likeness (QED) is 0.831. The Morgan fingerprint density at radius 1 is 1.50 bits per heavy atom. The molecule has 1 aromatic rings. The van der Waals surface area contributed by atoms with Gasteiger partial charge in [0.1, 0.15) is 0 Å². The Kier molecular flexibility index (Phi) is 4.59. The molecule has 1 aliphatic rings. The standard InChI is InChI=1S/C13H19ClN2O3S/c1-8-12(15)5-11(14)6-13(8)20(17,18)16-9(2)10-3-4-19-7-10/h5-6,9-10,16H,3-4,7,15H2,1-2H3. The van der Waals surface area contributed by atoms with E-state index in [0.717, 1.165) is 6.42 Å². The summed E-state index contributed by atoms with van der Waals surface area (Å²) in [6.07, 6.45) is 0.861. The van der Waals surface area contributed by atoms with Crippen molar-refractivity contribution in [1.29, 1.82) is 0 Å². The Morgan fingerprint density at radius 2 is 2.20 bits per heavy atom. The van der Waals surface area contributed by atoms with Crippen molar-refractivity contribution in [3.8, 4) is 0 Å².